The average molecular weight is 359 g/mol. The molecule has 0 spiro atoms. The van der Waals surface area contributed by atoms with E-state index < -0.39 is 0 Å². The molecule has 134 valence electrons. The predicted molar refractivity (Wildman–Crippen MR) is 98.6 cm³/mol. The van der Waals surface area contributed by atoms with E-state index in [0.717, 1.165) is 29.2 Å². The van der Waals surface area contributed by atoms with E-state index in [1.807, 2.05) is 36.2 Å². The van der Waals surface area contributed by atoms with Crippen LogP contribution in [0.2, 0.25) is 0 Å². The minimum atomic E-state index is 0.101. The van der Waals surface area contributed by atoms with Gasteiger partial charge in [0, 0.05) is 18.0 Å². The third-order valence-electron chi connectivity index (χ3n) is 4.89. The van der Waals surface area contributed by atoms with E-state index in [4.69, 9.17) is 4.52 Å². The number of aromatic nitrogens is 2. The maximum Gasteiger partial charge on any atom is 0.254 e. The van der Waals surface area contributed by atoms with Gasteiger partial charge in [-0.2, -0.15) is 4.98 Å². The second-order valence-electron chi connectivity index (χ2n) is 6.85. The number of amides is 1. The second-order valence-corrected chi connectivity index (χ2v) is 7.87. The molecule has 1 aromatic heterocycles. The largest absolute Gasteiger partial charge is 0.339 e. The monoisotopic (exact) mass is 359 g/mol. The van der Waals surface area contributed by atoms with Crippen molar-refractivity contribution in [2.75, 3.05) is 7.05 Å². The fraction of sp³-hybridized carbons (Fsp3) is 0.526. The highest BCUT2D eigenvalue weighted by Crippen LogP contribution is 2.30. The summed E-state index contributed by atoms with van der Waals surface area (Å²) < 4.78 is 5.16. The highest BCUT2D eigenvalue weighted by atomic mass is 32.2. The lowest BCUT2D eigenvalue weighted by molar-refractivity contribution is 0.0676. The number of carbonyl (C=O) groups excluding carboxylic acids is 1. The fourth-order valence-corrected chi connectivity index (χ4v) is 4.17. The molecule has 0 unspecified atom stereocenters. The standard InChI is InChI=1S/C19H25N3O2S/c1-13-8-10-15(11-9-13)22(3)19(23)16-6-4-5-7-17(16)25-12-18-20-14(2)21-24-18/h4-7,13,15H,8-12H2,1-3H3. The Bertz CT molecular complexity index is 723. The Morgan fingerprint density at radius 1 is 1.28 bits per heavy atom. The second kappa shape index (κ2) is 8.04. The van der Waals surface area contributed by atoms with Crippen LogP contribution in [0.5, 0.6) is 0 Å². The molecule has 1 aromatic carbocycles. The zero-order chi connectivity index (χ0) is 17.8. The SMILES string of the molecule is Cc1noc(CSc2ccccc2C(=O)N(C)C2CCC(C)CC2)n1. The van der Waals surface area contributed by atoms with Crippen LogP contribution in [0.25, 0.3) is 0 Å². The van der Waals surface area contributed by atoms with E-state index in [0.29, 0.717) is 23.5 Å². The molecule has 1 aliphatic rings. The Morgan fingerprint density at radius 2 is 2.00 bits per heavy atom. The topological polar surface area (TPSA) is 59.2 Å². The lowest BCUT2D eigenvalue weighted by Gasteiger charge is -2.34. The van der Waals surface area contributed by atoms with Crippen LogP contribution in [0.15, 0.2) is 33.7 Å². The minimum Gasteiger partial charge on any atom is -0.339 e. The summed E-state index contributed by atoms with van der Waals surface area (Å²) in [6, 6.07) is 8.12. The summed E-state index contributed by atoms with van der Waals surface area (Å²) in [6.45, 7) is 4.10. The van der Waals surface area contributed by atoms with Gasteiger partial charge in [0.05, 0.1) is 11.3 Å². The van der Waals surface area contributed by atoms with Crippen LogP contribution in [-0.2, 0) is 5.75 Å². The first-order valence-electron chi connectivity index (χ1n) is 8.82. The van der Waals surface area contributed by atoms with Gasteiger partial charge < -0.3 is 9.42 Å². The van der Waals surface area contributed by atoms with Gasteiger partial charge in [0.25, 0.3) is 5.91 Å². The van der Waals surface area contributed by atoms with Crippen LogP contribution in [0.3, 0.4) is 0 Å². The van der Waals surface area contributed by atoms with Crippen LogP contribution in [0, 0.1) is 12.8 Å². The summed E-state index contributed by atoms with van der Waals surface area (Å²) in [4.78, 5) is 20.1. The third kappa shape index (κ3) is 4.42. The number of rotatable bonds is 5. The number of hydrogen-bond acceptors (Lipinski definition) is 5. The lowest BCUT2D eigenvalue weighted by Crippen LogP contribution is -2.39. The molecule has 0 saturated heterocycles. The summed E-state index contributed by atoms with van der Waals surface area (Å²) in [6.07, 6.45) is 4.60. The van der Waals surface area contributed by atoms with Crippen LogP contribution in [0.1, 0.15) is 54.7 Å². The van der Waals surface area contributed by atoms with Crippen molar-refractivity contribution in [3.63, 3.8) is 0 Å². The van der Waals surface area contributed by atoms with E-state index in [1.165, 1.54) is 12.8 Å². The molecule has 1 aliphatic carbocycles. The van der Waals surface area contributed by atoms with Gasteiger partial charge in [0.15, 0.2) is 5.82 Å². The molecule has 6 heteroatoms. The van der Waals surface area contributed by atoms with Crippen molar-refractivity contribution in [2.45, 2.75) is 56.2 Å². The molecule has 0 radical (unpaired) electrons. The minimum absolute atomic E-state index is 0.101. The Kier molecular flexibility index (Phi) is 5.78. The van der Waals surface area contributed by atoms with Crippen molar-refractivity contribution in [3.8, 4) is 0 Å². The molecular weight excluding hydrogens is 334 g/mol. The van der Waals surface area contributed by atoms with Crippen molar-refractivity contribution in [1.29, 1.82) is 0 Å². The molecule has 25 heavy (non-hydrogen) atoms. The zero-order valence-electron chi connectivity index (χ0n) is 15.1. The zero-order valence-corrected chi connectivity index (χ0v) is 15.9. The smallest absolute Gasteiger partial charge is 0.254 e. The Labute approximate surface area is 153 Å². The molecule has 1 fully saturated rings. The van der Waals surface area contributed by atoms with Gasteiger partial charge in [0.1, 0.15) is 0 Å². The van der Waals surface area contributed by atoms with E-state index >= 15 is 0 Å². The normalized spacial score (nSPS) is 20.4. The Morgan fingerprint density at radius 3 is 2.68 bits per heavy atom. The number of thioether (sulfide) groups is 1. The van der Waals surface area contributed by atoms with Crippen LogP contribution in [-0.4, -0.2) is 34.0 Å². The summed E-state index contributed by atoms with van der Waals surface area (Å²) in [7, 11) is 1.94. The van der Waals surface area contributed by atoms with Gasteiger partial charge in [-0.15, -0.1) is 11.8 Å². The van der Waals surface area contributed by atoms with Crippen molar-refractivity contribution in [2.24, 2.45) is 5.92 Å². The highest BCUT2D eigenvalue weighted by Gasteiger charge is 2.26. The molecule has 2 aromatic rings. The first-order chi connectivity index (χ1) is 12.0. The summed E-state index contributed by atoms with van der Waals surface area (Å²) in [5.74, 6) is 2.66. The van der Waals surface area contributed by atoms with Gasteiger partial charge in [0.2, 0.25) is 5.89 Å². The van der Waals surface area contributed by atoms with E-state index in [-0.39, 0.29) is 5.91 Å². The molecule has 0 aliphatic heterocycles. The number of aryl methyl sites for hydroxylation is 1. The van der Waals surface area contributed by atoms with Gasteiger partial charge >= 0.3 is 0 Å². The van der Waals surface area contributed by atoms with Gasteiger partial charge in [-0.05, 0) is 50.7 Å². The lowest BCUT2D eigenvalue weighted by atomic mass is 9.86. The van der Waals surface area contributed by atoms with E-state index in [2.05, 4.69) is 17.1 Å². The van der Waals surface area contributed by atoms with Crippen molar-refractivity contribution in [1.82, 2.24) is 15.0 Å². The summed E-state index contributed by atoms with van der Waals surface area (Å²) >= 11 is 1.56. The quantitative estimate of drug-likeness (QED) is 0.744. The third-order valence-corrected chi connectivity index (χ3v) is 5.95. The number of hydrogen-bond donors (Lipinski definition) is 0. The molecule has 1 saturated carbocycles. The van der Waals surface area contributed by atoms with Crippen molar-refractivity contribution in [3.05, 3.63) is 41.5 Å². The van der Waals surface area contributed by atoms with Gasteiger partial charge in [-0.3, -0.25) is 4.79 Å². The first-order valence-corrected chi connectivity index (χ1v) is 9.81. The number of benzene rings is 1. The summed E-state index contributed by atoms with van der Waals surface area (Å²) in [5, 5.41) is 3.81. The number of carbonyl (C=O) groups is 1. The van der Waals surface area contributed by atoms with Crippen LogP contribution in [0.4, 0.5) is 0 Å². The number of nitrogens with zero attached hydrogens (tertiary/aromatic N) is 3. The molecule has 1 amide bonds. The van der Waals surface area contributed by atoms with Gasteiger partial charge in [-0.25, -0.2) is 0 Å². The molecule has 0 atom stereocenters. The average Bonchev–Trinajstić information content (AvgIpc) is 3.05. The van der Waals surface area contributed by atoms with E-state index in [9.17, 15) is 4.79 Å². The summed E-state index contributed by atoms with van der Waals surface area (Å²) in [5.41, 5.74) is 0.754. The first kappa shape index (κ1) is 18.0. The molecule has 0 bridgehead atoms. The van der Waals surface area contributed by atoms with Crippen molar-refractivity contribution < 1.29 is 9.32 Å². The van der Waals surface area contributed by atoms with Crippen LogP contribution < -0.4 is 0 Å². The van der Waals surface area contributed by atoms with Gasteiger partial charge in [-0.1, -0.05) is 24.2 Å². The van der Waals surface area contributed by atoms with Crippen LogP contribution >= 0.6 is 11.8 Å². The molecule has 1 heterocycles. The Hall–Kier alpha value is -1.82. The maximum absolute atomic E-state index is 13.0. The Balaban J connectivity index is 1.69. The molecular formula is C19H25N3O2S. The fourth-order valence-electron chi connectivity index (χ4n) is 3.29. The molecule has 3 rings (SSSR count). The molecule has 0 N–H and O–H groups in total. The predicted octanol–water partition coefficient (Wildman–Crippen LogP) is 4.32. The maximum atomic E-state index is 13.0. The molecule has 5 nitrogen and oxygen atoms in total. The van der Waals surface area contributed by atoms with E-state index in [1.54, 1.807) is 18.7 Å². The highest BCUT2D eigenvalue weighted by molar-refractivity contribution is 7.98. The van der Waals surface area contributed by atoms with Crippen molar-refractivity contribution >= 4 is 17.7 Å².